The summed E-state index contributed by atoms with van der Waals surface area (Å²) >= 11 is 0. The lowest BCUT2D eigenvalue weighted by molar-refractivity contribution is -0.388. The van der Waals surface area contributed by atoms with Crippen LogP contribution in [0.3, 0.4) is 0 Å². The summed E-state index contributed by atoms with van der Waals surface area (Å²) in [6.07, 6.45) is 2.35. The number of nitro groups is 1. The number of hydrogen-bond donors (Lipinski definition) is 2. The van der Waals surface area contributed by atoms with Crippen molar-refractivity contribution in [3.63, 3.8) is 0 Å². The number of nitrogens with one attached hydrogen (secondary N) is 1. The largest absolute Gasteiger partial charge is 0.329 e. The van der Waals surface area contributed by atoms with E-state index in [-0.39, 0.29) is 29.5 Å². The molecule has 0 saturated carbocycles. The first-order chi connectivity index (χ1) is 10.2. The molecule has 0 heterocycles. The summed E-state index contributed by atoms with van der Waals surface area (Å²) in [5.41, 5.74) is 5.88. The van der Waals surface area contributed by atoms with Gasteiger partial charge in [0.1, 0.15) is 0 Å². The molecule has 0 aliphatic rings. The predicted molar refractivity (Wildman–Crippen MR) is 92.5 cm³/mol. The summed E-state index contributed by atoms with van der Waals surface area (Å²) in [5, 5.41) is 11.3. The van der Waals surface area contributed by atoms with Crippen molar-refractivity contribution >= 4 is 28.1 Å². The van der Waals surface area contributed by atoms with Gasteiger partial charge in [0, 0.05) is 18.2 Å². The Morgan fingerprint density at radius 1 is 1.30 bits per heavy atom. The standard InChI is InChI=1S/C14H23N3O4S.ClH/c1-4-5-6-12(9-15)16-22(20,21)14-11(3)8-7-10(2)13(14)17(18)19;/h7-8,12,16H,4-6,9,15H2,1-3H3;1H. The van der Waals surface area contributed by atoms with E-state index in [1.807, 2.05) is 6.92 Å². The second kappa shape index (κ2) is 9.17. The van der Waals surface area contributed by atoms with E-state index in [0.717, 1.165) is 12.8 Å². The van der Waals surface area contributed by atoms with Crippen LogP contribution < -0.4 is 10.5 Å². The SMILES string of the molecule is CCCCC(CN)NS(=O)(=O)c1c(C)ccc(C)c1[N+](=O)[O-].Cl. The molecule has 1 unspecified atom stereocenters. The van der Waals surface area contributed by atoms with E-state index < -0.39 is 21.0 Å². The fourth-order valence-electron chi connectivity index (χ4n) is 2.29. The Balaban J connectivity index is 0.00000484. The van der Waals surface area contributed by atoms with Crippen molar-refractivity contribution in [2.45, 2.75) is 51.0 Å². The highest BCUT2D eigenvalue weighted by atomic mass is 35.5. The fourth-order valence-corrected chi connectivity index (χ4v) is 4.04. The molecule has 7 nitrogen and oxygen atoms in total. The van der Waals surface area contributed by atoms with Gasteiger partial charge in [-0.3, -0.25) is 10.1 Å². The zero-order chi connectivity index (χ0) is 16.9. The summed E-state index contributed by atoms with van der Waals surface area (Å²) in [4.78, 5) is 10.3. The smallest absolute Gasteiger partial charge is 0.292 e. The van der Waals surface area contributed by atoms with E-state index in [0.29, 0.717) is 17.5 Å². The number of halogens is 1. The molecule has 1 aromatic carbocycles. The van der Waals surface area contributed by atoms with Crippen LogP contribution in [-0.4, -0.2) is 25.9 Å². The molecule has 0 spiro atoms. The van der Waals surface area contributed by atoms with Gasteiger partial charge < -0.3 is 5.73 Å². The van der Waals surface area contributed by atoms with E-state index in [2.05, 4.69) is 4.72 Å². The van der Waals surface area contributed by atoms with Crippen molar-refractivity contribution in [3.8, 4) is 0 Å². The van der Waals surface area contributed by atoms with Crippen LogP contribution in [0.15, 0.2) is 17.0 Å². The van der Waals surface area contributed by atoms with Crippen LogP contribution in [0, 0.1) is 24.0 Å². The number of aryl methyl sites for hydroxylation is 2. The fraction of sp³-hybridized carbons (Fsp3) is 0.571. The van der Waals surface area contributed by atoms with Crippen LogP contribution in [0.2, 0.25) is 0 Å². The third-order valence-corrected chi connectivity index (χ3v) is 5.19. The van der Waals surface area contributed by atoms with Gasteiger partial charge in [0.05, 0.1) is 4.92 Å². The maximum Gasteiger partial charge on any atom is 0.292 e. The first-order valence-electron chi connectivity index (χ1n) is 7.21. The minimum Gasteiger partial charge on any atom is -0.329 e. The van der Waals surface area contributed by atoms with Crippen molar-refractivity contribution in [2.75, 3.05) is 6.54 Å². The summed E-state index contributed by atoms with van der Waals surface area (Å²) < 4.78 is 27.7. The molecule has 23 heavy (non-hydrogen) atoms. The molecule has 0 aromatic heterocycles. The summed E-state index contributed by atoms with van der Waals surface area (Å²) in [6, 6.07) is 2.69. The summed E-state index contributed by atoms with van der Waals surface area (Å²) in [7, 11) is -4.00. The molecule has 1 atom stereocenters. The highest BCUT2D eigenvalue weighted by Gasteiger charge is 2.31. The summed E-state index contributed by atoms with van der Waals surface area (Å²) in [5.74, 6) is 0. The summed E-state index contributed by atoms with van der Waals surface area (Å²) in [6.45, 7) is 5.22. The molecule has 0 bridgehead atoms. The zero-order valence-electron chi connectivity index (χ0n) is 13.5. The second-order valence-electron chi connectivity index (χ2n) is 5.33. The molecular formula is C14H24ClN3O4S. The lowest BCUT2D eigenvalue weighted by Gasteiger charge is -2.18. The van der Waals surface area contributed by atoms with Crippen molar-refractivity contribution < 1.29 is 13.3 Å². The second-order valence-corrected chi connectivity index (χ2v) is 6.98. The van der Waals surface area contributed by atoms with Crippen LogP contribution in [0.4, 0.5) is 5.69 Å². The molecule has 0 amide bonds. The van der Waals surface area contributed by atoms with Crippen molar-refractivity contribution in [3.05, 3.63) is 33.4 Å². The van der Waals surface area contributed by atoms with Gasteiger partial charge in [-0.15, -0.1) is 12.4 Å². The third kappa shape index (κ3) is 5.42. The first-order valence-corrected chi connectivity index (χ1v) is 8.69. The van der Waals surface area contributed by atoms with Gasteiger partial charge in [-0.1, -0.05) is 31.9 Å². The third-order valence-electron chi connectivity index (χ3n) is 3.49. The molecule has 0 saturated heterocycles. The van der Waals surface area contributed by atoms with E-state index in [1.54, 1.807) is 19.1 Å². The van der Waals surface area contributed by atoms with Crippen molar-refractivity contribution in [2.24, 2.45) is 5.73 Å². The average Bonchev–Trinajstić information content (AvgIpc) is 2.44. The molecule has 1 aromatic rings. The topological polar surface area (TPSA) is 115 Å². The minimum atomic E-state index is -4.00. The number of benzene rings is 1. The number of nitrogens with zero attached hydrogens (tertiary/aromatic N) is 1. The molecule has 1 rings (SSSR count). The Morgan fingerprint density at radius 2 is 1.87 bits per heavy atom. The molecule has 0 aliphatic carbocycles. The number of hydrogen-bond acceptors (Lipinski definition) is 5. The average molecular weight is 366 g/mol. The van der Waals surface area contributed by atoms with E-state index >= 15 is 0 Å². The Kier molecular flexibility index (Phi) is 8.68. The molecule has 9 heteroatoms. The molecule has 0 fully saturated rings. The van der Waals surface area contributed by atoms with E-state index in [1.165, 1.54) is 6.92 Å². The van der Waals surface area contributed by atoms with Gasteiger partial charge in [0.25, 0.3) is 5.69 Å². The highest BCUT2D eigenvalue weighted by Crippen LogP contribution is 2.30. The highest BCUT2D eigenvalue weighted by molar-refractivity contribution is 7.89. The normalized spacial score (nSPS) is 12.5. The molecule has 3 N–H and O–H groups in total. The lowest BCUT2D eigenvalue weighted by Crippen LogP contribution is -2.40. The van der Waals surface area contributed by atoms with Crippen molar-refractivity contribution in [1.29, 1.82) is 0 Å². The monoisotopic (exact) mass is 365 g/mol. The van der Waals surface area contributed by atoms with Gasteiger partial charge in [-0.05, 0) is 25.8 Å². The van der Waals surface area contributed by atoms with Crippen molar-refractivity contribution in [1.82, 2.24) is 4.72 Å². The van der Waals surface area contributed by atoms with Gasteiger partial charge in [-0.2, -0.15) is 0 Å². The van der Waals surface area contributed by atoms with Gasteiger partial charge in [0.15, 0.2) is 4.90 Å². The zero-order valence-corrected chi connectivity index (χ0v) is 15.2. The van der Waals surface area contributed by atoms with Crippen LogP contribution in [0.5, 0.6) is 0 Å². The molecule has 0 aliphatic heterocycles. The van der Waals surface area contributed by atoms with Crippen LogP contribution in [0.1, 0.15) is 37.3 Å². The minimum absolute atomic E-state index is 0. The quantitative estimate of drug-likeness (QED) is 0.542. The lowest BCUT2D eigenvalue weighted by atomic mass is 10.1. The molecule has 132 valence electrons. The Bertz CT molecular complexity index is 650. The molecule has 0 radical (unpaired) electrons. The number of rotatable bonds is 8. The van der Waals surface area contributed by atoms with Gasteiger partial charge in [-0.25, -0.2) is 13.1 Å². The predicted octanol–water partition coefficient (Wildman–Crippen LogP) is 2.43. The van der Waals surface area contributed by atoms with Crippen LogP contribution >= 0.6 is 12.4 Å². The van der Waals surface area contributed by atoms with Crippen LogP contribution in [0.25, 0.3) is 0 Å². The van der Waals surface area contributed by atoms with Gasteiger partial charge >= 0.3 is 0 Å². The van der Waals surface area contributed by atoms with Gasteiger partial charge in [0.2, 0.25) is 10.0 Å². The number of nitrogens with two attached hydrogens (primary N) is 1. The number of unbranched alkanes of at least 4 members (excludes halogenated alkanes) is 1. The number of sulfonamides is 1. The maximum absolute atomic E-state index is 12.6. The Morgan fingerprint density at radius 3 is 2.35 bits per heavy atom. The Hall–Kier alpha value is -1.22. The maximum atomic E-state index is 12.6. The Labute approximate surface area is 143 Å². The number of nitro benzene ring substituents is 1. The van der Waals surface area contributed by atoms with Crippen LogP contribution in [-0.2, 0) is 10.0 Å². The van der Waals surface area contributed by atoms with E-state index in [9.17, 15) is 18.5 Å². The first kappa shape index (κ1) is 21.8. The van der Waals surface area contributed by atoms with E-state index in [4.69, 9.17) is 5.73 Å². The molecular weight excluding hydrogens is 342 g/mol.